The van der Waals surface area contributed by atoms with Gasteiger partial charge in [-0.2, -0.15) is 0 Å². The van der Waals surface area contributed by atoms with Gasteiger partial charge in [0.05, 0.1) is 11.4 Å². The van der Waals surface area contributed by atoms with Crippen molar-refractivity contribution in [2.24, 2.45) is 5.73 Å². The number of aromatic nitrogens is 2. The van der Waals surface area contributed by atoms with Gasteiger partial charge >= 0.3 is 0 Å². The number of H-pyrrole nitrogens is 1. The van der Waals surface area contributed by atoms with Crippen molar-refractivity contribution in [1.29, 1.82) is 0 Å². The summed E-state index contributed by atoms with van der Waals surface area (Å²) < 4.78 is 2.44. The molecule has 4 N–H and O–H groups in total. The molecule has 1 amide bonds. The summed E-state index contributed by atoms with van der Waals surface area (Å²) in [5.74, 6) is 0.163. The van der Waals surface area contributed by atoms with Gasteiger partial charge in [-0.3, -0.25) is 4.79 Å². The Morgan fingerprint density at radius 3 is 2.59 bits per heavy atom. The maximum absolute atomic E-state index is 12.1. The summed E-state index contributed by atoms with van der Waals surface area (Å²) in [4.78, 5) is 18.4. The second-order valence-corrected chi connectivity index (χ2v) is 12.2. The molecule has 7 rings (SSSR count). The lowest BCUT2D eigenvalue weighted by Gasteiger charge is -2.24. The van der Waals surface area contributed by atoms with Crippen LogP contribution in [-0.4, -0.2) is 22.0 Å². The Kier molecular flexibility index (Phi) is 5.22. The molecule has 0 spiro atoms. The van der Waals surface area contributed by atoms with Crippen LogP contribution in [0.5, 0.6) is 0 Å². The lowest BCUT2D eigenvalue weighted by molar-refractivity contribution is 0.100. The molecule has 2 aliphatic rings. The monoisotopic (exact) mass is 508 g/mol. The van der Waals surface area contributed by atoms with Crippen molar-refractivity contribution in [3.05, 3.63) is 63.3 Å². The fourth-order valence-electron chi connectivity index (χ4n) is 6.78. The second kappa shape index (κ2) is 8.52. The first kappa shape index (κ1) is 22.7. The molecular formula is C31H32N4OS. The number of anilines is 1. The molecule has 5 aromatic rings. The lowest BCUT2D eigenvalue weighted by atomic mass is 9.81. The number of aromatic amines is 1. The predicted molar refractivity (Wildman–Crippen MR) is 155 cm³/mol. The topological polar surface area (TPSA) is 75.8 Å². The molecule has 4 heterocycles. The Balaban J connectivity index is 1.49. The molecule has 1 fully saturated rings. The van der Waals surface area contributed by atoms with Gasteiger partial charge in [0.15, 0.2) is 0 Å². The molecule has 0 bridgehead atoms. The van der Waals surface area contributed by atoms with Crippen LogP contribution in [0.2, 0.25) is 0 Å². The van der Waals surface area contributed by atoms with Crippen LogP contribution in [0.25, 0.3) is 44.3 Å². The second-order valence-electron chi connectivity index (χ2n) is 10.7. The molecule has 5 nitrogen and oxygen atoms in total. The highest BCUT2D eigenvalue weighted by Crippen LogP contribution is 2.48. The average Bonchev–Trinajstić information content (AvgIpc) is 3.53. The summed E-state index contributed by atoms with van der Waals surface area (Å²) in [7, 11) is 0. The summed E-state index contributed by atoms with van der Waals surface area (Å²) in [5, 5.41) is 6.30. The van der Waals surface area contributed by atoms with Crippen molar-refractivity contribution >= 4 is 44.7 Å². The first-order valence-electron chi connectivity index (χ1n) is 13.4. The van der Waals surface area contributed by atoms with Gasteiger partial charge in [0.25, 0.3) is 0 Å². The van der Waals surface area contributed by atoms with E-state index in [1.807, 2.05) is 23.5 Å². The van der Waals surface area contributed by atoms with Gasteiger partial charge in [0.2, 0.25) is 5.91 Å². The summed E-state index contributed by atoms with van der Waals surface area (Å²) in [6.45, 7) is 6.04. The van der Waals surface area contributed by atoms with E-state index in [9.17, 15) is 4.79 Å². The third kappa shape index (κ3) is 3.53. The van der Waals surface area contributed by atoms with Crippen molar-refractivity contribution < 1.29 is 4.79 Å². The van der Waals surface area contributed by atoms with Crippen LogP contribution in [0.3, 0.4) is 0 Å². The Morgan fingerprint density at radius 1 is 1.00 bits per heavy atom. The van der Waals surface area contributed by atoms with Crippen molar-refractivity contribution in [2.45, 2.75) is 58.4 Å². The summed E-state index contributed by atoms with van der Waals surface area (Å²) in [5.41, 5.74) is 16.3. The summed E-state index contributed by atoms with van der Waals surface area (Å²) >= 11 is 1.85. The summed E-state index contributed by atoms with van der Waals surface area (Å²) in [6.07, 6.45) is 6.32. The van der Waals surface area contributed by atoms with E-state index >= 15 is 0 Å². The van der Waals surface area contributed by atoms with Crippen LogP contribution in [0.4, 0.5) is 5.69 Å². The van der Waals surface area contributed by atoms with Crippen LogP contribution >= 0.6 is 11.3 Å². The van der Waals surface area contributed by atoms with E-state index in [2.05, 4.69) is 59.0 Å². The minimum atomic E-state index is -0.371. The van der Waals surface area contributed by atoms with E-state index in [0.29, 0.717) is 11.5 Å². The molecule has 0 atom stereocenters. The Morgan fingerprint density at radius 2 is 1.84 bits per heavy atom. The number of rotatable bonds is 3. The quantitative estimate of drug-likeness (QED) is 0.233. The van der Waals surface area contributed by atoms with Gasteiger partial charge in [-0.15, -0.1) is 11.3 Å². The minimum Gasteiger partial charge on any atom is -0.382 e. The third-order valence-electron chi connectivity index (χ3n) is 8.43. The first-order valence-corrected chi connectivity index (χ1v) is 14.2. The van der Waals surface area contributed by atoms with E-state index in [0.717, 1.165) is 24.1 Å². The highest BCUT2D eigenvalue weighted by atomic mass is 32.1. The number of thiophene rings is 1. The standard InChI is InChI=1S/C31H32N4OS/c1-17-14-23(18(2)37-17)26-16-24-25(34-26)11-10-22-29(24)33-12-13-35-27-15-20(31(32)36)8-9-21(27)28(30(22)35)19-6-4-3-5-7-19/h8-11,14-16,19,33-34H,3-7,12-13H2,1-2H3,(H2,32,36). The minimum absolute atomic E-state index is 0.371. The predicted octanol–water partition coefficient (Wildman–Crippen LogP) is 7.71. The zero-order chi connectivity index (χ0) is 25.3. The van der Waals surface area contributed by atoms with Gasteiger partial charge in [0.1, 0.15) is 0 Å². The number of nitrogens with one attached hydrogen (secondary N) is 2. The molecule has 1 saturated carbocycles. The number of primary amides is 1. The number of carbonyl (C=O) groups excluding carboxylic acids is 1. The van der Waals surface area contributed by atoms with E-state index < -0.39 is 0 Å². The maximum atomic E-state index is 12.1. The molecular weight excluding hydrogens is 476 g/mol. The molecule has 188 valence electrons. The van der Waals surface area contributed by atoms with Crippen LogP contribution < -0.4 is 11.1 Å². The zero-order valence-corrected chi connectivity index (χ0v) is 22.2. The van der Waals surface area contributed by atoms with Crippen LogP contribution in [0.15, 0.2) is 42.5 Å². The number of fused-ring (bicyclic) bond motifs is 7. The van der Waals surface area contributed by atoms with E-state index in [1.54, 1.807) is 0 Å². The van der Waals surface area contributed by atoms with Crippen molar-refractivity contribution in [1.82, 2.24) is 9.55 Å². The number of amides is 1. The van der Waals surface area contributed by atoms with Gasteiger partial charge in [-0.1, -0.05) is 25.3 Å². The van der Waals surface area contributed by atoms with Gasteiger partial charge < -0.3 is 20.6 Å². The number of hydrogen-bond donors (Lipinski definition) is 3. The fourth-order valence-corrected chi connectivity index (χ4v) is 7.72. The van der Waals surface area contributed by atoms with E-state index in [1.165, 1.54) is 86.4 Å². The Labute approximate surface area is 220 Å². The van der Waals surface area contributed by atoms with Gasteiger partial charge in [-0.05, 0) is 74.6 Å². The van der Waals surface area contributed by atoms with Crippen LogP contribution in [0.1, 0.15) is 63.7 Å². The number of carbonyl (C=O) groups is 1. The lowest BCUT2D eigenvalue weighted by Crippen LogP contribution is -2.11. The number of benzene rings is 2. The molecule has 1 aliphatic carbocycles. The molecule has 3 aromatic heterocycles. The van der Waals surface area contributed by atoms with Gasteiger partial charge in [0, 0.05) is 67.0 Å². The van der Waals surface area contributed by atoms with Crippen LogP contribution in [-0.2, 0) is 6.54 Å². The third-order valence-corrected chi connectivity index (χ3v) is 9.39. The number of nitrogens with zero attached hydrogens (tertiary/aromatic N) is 1. The average molecular weight is 509 g/mol. The Hall–Kier alpha value is -3.51. The number of nitrogens with two attached hydrogens (primary N) is 1. The van der Waals surface area contributed by atoms with Gasteiger partial charge in [-0.25, -0.2) is 0 Å². The van der Waals surface area contributed by atoms with Crippen molar-refractivity contribution in [3.8, 4) is 22.5 Å². The number of hydrogen-bond acceptors (Lipinski definition) is 3. The molecule has 0 radical (unpaired) electrons. The Bertz CT molecular complexity index is 1700. The smallest absolute Gasteiger partial charge is 0.248 e. The van der Waals surface area contributed by atoms with Crippen molar-refractivity contribution in [2.75, 3.05) is 11.9 Å². The fraction of sp³-hybridized carbons (Fsp3) is 0.323. The van der Waals surface area contributed by atoms with Crippen LogP contribution in [0, 0.1) is 13.8 Å². The molecule has 0 unspecified atom stereocenters. The summed E-state index contributed by atoms with van der Waals surface area (Å²) in [6, 6.07) is 15.2. The largest absolute Gasteiger partial charge is 0.382 e. The van der Waals surface area contributed by atoms with E-state index in [4.69, 9.17) is 5.73 Å². The molecule has 1 aliphatic heterocycles. The molecule has 37 heavy (non-hydrogen) atoms. The molecule has 6 heteroatoms. The first-order chi connectivity index (χ1) is 18.0. The highest BCUT2D eigenvalue weighted by molar-refractivity contribution is 7.12. The molecule has 0 saturated heterocycles. The van der Waals surface area contributed by atoms with E-state index in [-0.39, 0.29) is 5.91 Å². The van der Waals surface area contributed by atoms with Crippen molar-refractivity contribution in [3.63, 3.8) is 0 Å². The highest BCUT2D eigenvalue weighted by Gasteiger charge is 2.30. The molecule has 2 aromatic carbocycles. The number of aryl methyl sites for hydroxylation is 2. The maximum Gasteiger partial charge on any atom is 0.248 e. The SMILES string of the molecule is Cc1cc(-c2cc3c4c(ccc3[nH]2)-c2c(C3CCCCC3)c3ccc(C(N)=O)cc3n2CCN4)c(C)s1. The normalized spacial score (nSPS) is 15.9. The zero-order valence-electron chi connectivity index (χ0n) is 21.4.